The predicted molar refractivity (Wildman–Crippen MR) is 100 cm³/mol. The average Bonchev–Trinajstić information content (AvgIpc) is 2.54. The van der Waals surface area contributed by atoms with Crippen LogP contribution in [-0.2, 0) is 11.2 Å². The molecule has 1 aliphatic heterocycles. The molecule has 2 rings (SSSR count). The quantitative estimate of drug-likeness (QED) is 0.717. The minimum absolute atomic E-state index is 0.0959. The summed E-state index contributed by atoms with van der Waals surface area (Å²) in [5.41, 5.74) is 9.29. The molecule has 0 saturated carbocycles. The minimum Gasteiger partial charge on any atom is -0.397 e. The normalized spacial score (nSPS) is 15.8. The molecule has 6 heteroatoms. The molecule has 0 radical (unpaired) electrons. The largest absolute Gasteiger partial charge is 0.397 e. The zero-order valence-corrected chi connectivity index (χ0v) is 15.2. The van der Waals surface area contributed by atoms with Crippen molar-refractivity contribution in [2.24, 2.45) is 0 Å². The number of hydrogen-bond donors (Lipinski definition) is 2. The number of piperazine rings is 1. The molecule has 0 aromatic heterocycles. The number of aryl methyl sites for hydroxylation is 1. The fraction of sp³-hybridized carbons (Fsp3) is 0.611. The van der Waals surface area contributed by atoms with E-state index in [9.17, 15) is 4.79 Å². The summed E-state index contributed by atoms with van der Waals surface area (Å²) in [6.45, 7) is 5.69. The molecule has 134 valence electrons. The standard InChI is InChI=1S/C18H31N5O/c1-21(2)9-8-20-18(24)7-5-15-4-6-17(16(19)14-15)23-12-10-22(3)11-13-23/h4,6,14H,5,7-13,19H2,1-3H3,(H,20,24). The van der Waals surface area contributed by atoms with Gasteiger partial charge in [-0.1, -0.05) is 6.07 Å². The van der Waals surface area contributed by atoms with Gasteiger partial charge < -0.3 is 25.8 Å². The van der Waals surface area contributed by atoms with Gasteiger partial charge in [0.05, 0.1) is 11.4 Å². The maximum absolute atomic E-state index is 11.9. The van der Waals surface area contributed by atoms with Crippen molar-refractivity contribution in [1.29, 1.82) is 0 Å². The van der Waals surface area contributed by atoms with Gasteiger partial charge in [-0.25, -0.2) is 0 Å². The highest BCUT2D eigenvalue weighted by molar-refractivity contribution is 5.76. The van der Waals surface area contributed by atoms with Crippen LogP contribution in [0.1, 0.15) is 12.0 Å². The van der Waals surface area contributed by atoms with Crippen molar-refractivity contribution in [3.8, 4) is 0 Å². The monoisotopic (exact) mass is 333 g/mol. The van der Waals surface area contributed by atoms with Crippen LogP contribution in [0, 0.1) is 0 Å². The van der Waals surface area contributed by atoms with Crippen molar-refractivity contribution in [2.45, 2.75) is 12.8 Å². The van der Waals surface area contributed by atoms with Crippen LogP contribution < -0.4 is 16.0 Å². The summed E-state index contributed by atoms with van der Waals surface area (Å²) in [6.07, 6.45) is 1.22. The van der Waals surface area contributed by atoms with Crippen molar-refractivity contribution >= 4 is 17.3 Å². The summed E-state index contributed by atoms with van der Waals surface area (Å²) in [4.78, 5) is 18.6. The Morgan fingerprint density at radius 3 is 2.58 bits per heavy atom. The number of nitrogen functional groups attached to an aromatic ring is 1. The molecule has 1 aromatic carbocycles. The SMILES string of the molecule is CN(C)CCNC(=O)CCc1ccc(N2CCN(C)CC2)c(N)c1. The molecule has 24 heavy (non-hydrogen) atoms. The van der Waals surface area contributed by atoms with Gasteiger partial charge in [-0.15, -0.1) is 0 Å². The number of nitrogens with zero attached hydrogens (tertiary/aromatic N) is 3. The highest BCUT2D eigenvalue weighted by Crippen LogP contribution is 2.25. The zero-order chi connectivity index (χ0) is 17.5. The number of carbonyl (C=O) groups excluding carboxylic acids is 1. The topological polar surface area (TPSA) is 64.8 Å². The molecular formula is C18H31N5O. The Morgan fingerprint density at radius 2 is 1.96 bits per heavy atom. The van der Waals surface area contributed by atoms with E-state index in [2.05, 4.69) is 39.2 Å². The molecule has 0 unspecified atom stereocenters. The van der Waals surface area contributed by atoms with Crippen LogP contribution in [0.3, 0.4) is 0 Å². The van der Waals surface area contributed by atoms with E-state index in [1.807, 2.05) is 20.2 Å². The Balaban J connectivity index is 1.82. The van der Waals surface area contributed by atoms with Crippen LogP contribution in [-0.4, -0.2) is 76.1 Å². The van der Waals surface area contributed by atoms with E-state index in [1.54, 1.807) is 0 Å². The van der Waals surface area contributed by atoms with E-state index in [1.165, 1.54) is 0 Å². The third kappa shape index (κ3) is 5.69. The predicted octanol–water partition coefficient (Wildman–Crippen LogP) is 0.631. The number of carbonyl (C=O) groups is 1. The number of anilines is 2. The van der Waals surface area contributed by atoms with Crippen molar-refractivity contribution in [1.82, 2.24) is 15.1 Å². The number of nitrogens with two attached hydrogens (primary N) is 1. The first-order chi connectivity index (χ1) is 11.5. The summed E-state index contributed by atoms with van der Waals surface area (Å²) in [5.74, 6) is 0.0959. The molecule has 0 bridgehead atoms. The van der Waals surface area contributed by atoms with Gasteiger partial charge in [0.2, 0.25) is 5.91 Å². The van der Waals surface area contributed by atoms with Crippen LogP contribution >= 0.6 is 0 Å². The van der Waals surface area contributed by atoms with E-state index in [-0.39, 0.29) is 5.91 Å². The minimum atomic E-state index is 0.0959. The number of nitrogens with one attached hydrogen (secondary N) is 1. The van der Waals surface area contributed by atoms with Crippen molar-refractivity contribution in [3.63, 3.8) is 0 Å². The molecular weight excluding hydrogens is 302 g/mol. The summed E-state index contributed by atoms with van der Waals surface area (Å²) in [5, 5.41) is 2.94. The lowest BCUT2D eigenvalue weighted by Crippen LogP contribution is -2.44. The Bertz CT molecular complexity index is 538. The third-order valence-corrected chi connectivity index (χ3v) is 4.46. The molecule has 1 heterocycles. The Morgan fingerprint density at radius 1 is 1.25 bits per heavy atom. The fourth-order valence-electron chi connectivity index (χ4n) is 2.86. The van der Waals surface area contributed by atoms with Crippen LogP contribution in [0.5, 0.6) is 0 Å². The highest BCUT2D eigenvalue weighted by atomic mass is 16.1. The van der Waals surface area contributed by atoms with Crippen molar-refractivity contribution < 1.29 is 4.79 Å². The number of hydrogen-bond acceptors (Lipinski definition) is 5. The summed E-state index contributed by atoms with van der Waals surface area (Å²) in [7, 11) is 6.14. The first kappa shape index (κ1) is 18.5. The Kier molecular flexibility index (Phi) is 6.87. The second-order valence-corrected chi connectivity index (χ2v) is 6.84. The first-order valence-electron chi connectivity index (χ1n) is 8.69. The fourth-order valence-corrected chi connectivity index (χ4v) is 2.86. The van der Waals surface area contributed by atoms with Crippen LogP contribution in [0.4, 0.5) is 11.4 Å². The van der Waals surface area contributed by atoms with E-state index in [0.717, 1.165) is 56.1 Å². The second-order valence-electron chi connectivity index (χ2n) is 6.84. The van der Waals surface area contributed by atoms with E-state index in [4.69, 9.17) is 5.73 Å². The van der Waals surface area contributed by atoms with Gasteiger partial charge in [0.15, 0.2) is 0 Å². The van der Waals surface area contributed by atoms with Crippen LogP contribution in [0.25, 0.3) is 0 Å². The Hall–Kier alpha value is -1.79. The molecule has 6 nitrogen and oxygen atoms in total. The number of benzene rings is 1. The zero-order valence-electron chi connectivity index (χ0n) is 15.2. The second kappa shape index (κ2) is 8.89. The van der Waals surface area contributed by atoms with E-state index >= 15 is 0 Å². The smallest absolute Gasteiger partial charge is 0.220 e. The molecule has 3 N–H and O–H groups in total. The molecule has 1 aromatic rings. The lowest BCUT2D eigenvalue weighted by molar-refractivity contribution is -0.121. The lowest BCUT2D eigenvalue weighted by Gasteiger charge is -2.34. The van der Waals surface area contributed by atoms with E-state index in [0.29, 0.717) is 13.0 Å². The van der Waals surface area contributed by atoms with Crippen LogP contribution in [0.15, 0.2) is 18.2 Å². The van der Waals surface area contributed by atoms with E-state index < -0.39 is 0 Å². The number of rotatable bonds is 7. The van der Waals surface area contributed by atoms with Crippen molar-refractivity contribution in [3.05, 3.63) is 23.8 Å². The molecule has 1 saturated heterocycles. The molecule has 0 aliphatic carbocycles. The first-order valence-corrected chi connectivity index (χ1v) is 8.69. The maximum atomic E-state index is 11.9. The highest BCUT2D eigenvalue weighted by Gasteiger charge is 2.16. The maximum Gasteiger partial charge on any atom is 0.220 e. The molecule has 1 fully saturated rings. The van der Waals surface area contributed by atoms with Gasteiger partial charge in [0.25, 0.3) is 0 Å². The number of amides is 1. The van der Waals surface area contributed by atoms with Gasteiger partial charge in [-0.05, 0) is 45.3 Å². The molecule has 0 atom stereocenters. The molecule has 1 aliphatic rings. The van der Waals surface area contributed by atoms with Crippen molar-refractivity contribution in [2.75, 3.05) is 71.0 Å². The average molecular weight is 333 g/mol. The van der Waals surface area contributed by atoms with Gasteiger partial charge in [0.1, 0.15) is 0 Å². The van der Waals surface area contributed by atoms with Gasteiger partial charge in [-0.2, -0.15) is 0 Å². The van der Waals surface area contributed by atoms with Gasteiger partial charge in [-0.3, -0.25) is 4.79 Å². The van der Waals surface area contributed by atoms with Gasteiger partial charge in [0, 0.05) is 45.7 Å². The third-order valence-electron chi connectivity index (χ3n) is 4.46. The summed E-state index contributed by atoms with van der Waals surface area (Å²) < 4.78 is 0. The van der Waals surface area contributed by atoms with Gasteiger partial charge >= 0.3 is 0 Å². The number of likely N-dealkylation sites (N-methyl/N-ethyl adjacent to an activating group) is 2. The van der Waals surface area contributed by atoms with Crippen LogP contribution in [0.2, 0.25) is 0 Å². The lowest BCUT2D eigenvalue weighted by atomic mass is 10.1. The molecule has 1 amide bonds. The Labute approximate surface area is 145 Å². The summed E-state index contributed by atoms with van der Waals surface area (Å²) >= 11 is 0. The molecule has 0 spiro atoms. The summed E-state index contributed by atoms with van der Waals surface area (Å²) in [6, 6.07) is 6.21.